The van der Waals surface area contributed by atoms with Crippen molar-refractivity contribution in [3.8, 4) is 11.1 Å². The zero-order chi connectivity index (χ0) is 17.3. The third-order valence-corrected chi connectivity index (χ3v) is 6.62. The molecule has 0 amide bonds. The molecule has 0 radical (unpaired) electrons. The monoisotopic (exact) mass is 358 g/mol. The molecule has 0 saturated carbocycles. The Kier molecular flexibility index (Phi) is 4.50. The second-order valence-corrected chi connectivity index (χ2v) is 8.45. The second-order valence-electron chi connectivity index (χ2n) is 6.51. The zero-order valence-electron chi connectivity index (χ0n) is 14.0. The number of morpholine rings is 1. The highest BCUT2D eigenvalue weighted by molar-refractivity contribution is 7.92. The standard InChI is InChI=1S/C19H22N2O3S/c22-25(23,14-18-13-20-9-11-24-18)21-10-8-17-12-16(6-7-19(17)21)15-4-2-1-3-5-15/h1-7,12,18,20H,8-11,13-14H2. The molecule has 1 fully saturated rings. The molecule has 1 unspecified atom stereocenters. The van der Waals surface area contributed by atoms with Gasteiger partial charge >= 0.3 is 0 Å². The predicted octanol–water partition coefficient (Wildman–Crippen LogP) is 2.03. The van der Waals surface area contributed by atoms with Gasteiger partial charge in [0.2, 0.25) is 10.0 Å². The summed E-state index contributed by atoms with van der Waals surface area (Å²) >= 11 is 0. The minimum Gasteiger partial charge on any atom is -0.374 e. The van der Waals surface area contributed by atoms with E-state index < -0.39 is 10.0 Å². The fourth-order valence-electron chi connectivity index (χ4n) is 3.52. The van der Waals surface area contributed by atoms with E-state index in [-0.39, 0.29) is 11.9 Å². The first-order chi connectivity index (χ1) is 12.1. The van der Waals surface area contributed by atoms with Gasteiger partial charge in [0.25, 0.3) is 0 Å². The first-order valence-corrected chi connectivity index (χ1v) is 10.3. The van der Waals surface area contributed by atoms with Crippen LogP contribution in [-0.2, 0) is 21.2 Å². The van der Waals surface area contributed by atoms with Gasteiger partial charge in [0, 0.05) is 19.6 Å². The molecule has 1 atom stereocenters. The summed E-state index contributed by atoms with van der Waals surface area (Å²) in [6.07, 6.45) is 0.477. The van der Waals surface area contributed by atoms with Crippen molar-refractivity contribution < 1.29 is 13.2 Å². The lowest BCUT2D eigenvalue weighted by molar-refractivity contribution is 0.0430. The number of benzene rings is 2. The van der Waals surface area contributed by atoms with Crippen LogP contribution >= 0.6 is 0 Å². The lowest BCUT2D eigenvalue weighted by Gasteiger charge is -2.26. The Bertz CT molecular complexity index is 846. The van der Waals surface area contributed by atoms with Crippen molar-refractivity contribution in [2.75, 3.05) is 36.3 Å². The van der Waals surface area contributed by atoms with E-state index in [2.05, 4.69) is 23.5 Å². The molecule has 0 bridgehead atoms. The molecule has 25 heavy (non-hydrogen) atoms. The largest absolute Gasteiger partial charge is 0.374 e. The van der Waals surface area contributed by atoms with Gasteiger partial charge in [-0.1, -0.05) is 36.4 Å². The summed E-state index contributed by atoms with van der Waals surface area (Å²) < 4.78 is 32.8. The molecular formula is C19H22N2O3S. The zero-order valence-corrected chi connectivity index (χ0v) is 14.8. The summed E-state index contributed by atoms with van der Waals surface area (Å²) in [6.45, 7) is 2.45. The van der Waals surface area contributed by atoms with Gasteiger partial charge in [-0.2, -0.15) is 0 Å². The van der Waals surface area contributed by atoms with Gasteiger partial charge in [0.05, 0.1) is 24.2 Å². The molecular weight excluding hydrogens is 336 g/mol. The third-order valence-electron chi connectivity index (χ3n) is 4.78. The maximum atomic E-state index is 12.8. The van der Waals surface area contributed by atoms with Gasteiger partial charge in [0.15, 0.2) is 0 Å². The summed E-state index contributed by atoms with van der Waals surface area (Å²) in [6, 6.07) is 16.2. The summed E-state index contributed by atoms with van der Waals surface area (Å²) in [4.78, 5) is 0. The van der Waals surface area contributed by atoms with Crippen LogP contribution in [0.5, 0.6) is 0 Å². The lowest BCUT2D eigenvalue weighted by Crippen LogP contribution is -2.45. The molecule has 132 valence electrons. The number of fused-ring (bicyclic) bond motifs is 1. The van der Waals surface area contributed by atoms with E-state index >= 15 is 0 Å². The molecule has 2 aromatic rings. The Morgan fingerprint density at radius 1 is 1.12 bits per heavy atom. The van der Waals surface area contributed by atoms with Gasteiger partial charge < -0.3 is 10.1 Å². The Morgan fingerprint density at radius 3 is 2.72 bits per heavy atom. The quantitative estimate of drug-likeness (QED) is 0.909. The molecule has 1 saturated heterocycles. The van der Waals surface area contributed by atoms with E-state index in [1.54, 1.807) is 4.31 Å². The molecule has 2 aliphatic heterocycles. The average molecular weight is 358 g/mol. The summed E-state index contributed by atoms with van der Waals surface area (Å²) in [5.41, 5.74) is 4.17. The van der Waals surface area contributed by atoms with Gasteiger partial charge in [-0.05, 0) is 35.2 Å². The van der Waals surface area contributed by atoms with Crippen molar-refractivity contribution in [3.05, 3.63) is 54.1 Å². The van der Waals surface area contributed by atoms with Crippen LogP contribution in [0.3, 0.4) is 0 Å². The van der Waals surface area contributed by atoms with Crippen molar-refractivity contribution in [2.24, 2.45) is 0 Å². The van der Waals surface area contributed by atoms with Crippen LogP contribution in [0.15, 0.2) is 48.5 Å². The number of sulfonamides is 1. The van der Waals surface area contributed by atoms with Crippen LogP contribution in [0.1, 0.15) is 5.56 Å². The van der Waals surface area contributed by atoms with Gasteiger partial charge in [0.1, 0.15) is 0 Å². The van der Waals surface area contributed by atoms with Crippen molar-refractivity contribution in [1.82, 2.24) is 5.32 Å². The number of rotatable bonds is 4. The molecule has 2 aliphatic rings. The van der Waals surface area contributed by atoms with E-state index in [1.165, 1.54) is 0 Å². The smallest absolute Gasteiger partial charge is 0.237 e. The highest BCUT2D eigenvalue weighted by Crippen LogP contribution is 2.34. The number of nitrogens with zero attached hydrogens (tertiary/aromatic N) is 1. The molecule has 0 aliphatic carbocycles. The Labute approximate surface area is 148 Å². The molecule has 0 aromatic heterocycles. The van der Waals surface area contributed by atoms with E-state index in [1.807, 2.05) is 30.3 Å². The fourth-order valence-corrected chi connectivity index (χ4v) is 5.23. The first-order valence-electron chi connectivity index (χ1n) is 8.64. The Morgan fingerprint density at radius 2 is 1.96 bits per heavy atom. The number of nitrogens with one attached hydrogen (secondary N) is 1. The van der Waals surface area contributed by atoms with Crippen molar-refractivity contribution >= 4 is 15.7 Å². The fraction of sp³-hybridized carbons (Fsp3) is 0.368. The average Bonchev–Trinajstić information content (AvgIpc) is 3.07. The molecule has 6 heteroatoms. The number of hydrogen-bond donors (Lipinski definition) is 1. The van der Waals surface area contributed by atoms with Crippen LogP contribution in [0.2, 0.25) is 0 Å². The highest BCUT2D eigenvalue weighted by atomic mass is 32.2. The van der Waals surface area contributed by atoms with Crippen molar-refractivity contribution in [3.63, 3.8) is 0 Å². The summed E-state index contributed by atoms with van der Waals surface area (Å²) in [5.74, 6) is 0.0277. The normalized spacial score (nSPS) is 20.5. The minimum atomic E-state index is -3.38. The van der Waals surface area contributed by atoms with E-state index in [9.17, 15) is 8.42 Å². The molecule has 2 heterocycles. The van der Waals surface area contributed by atoms with E-state index in [0.29, 0.717) is 19.7 Å². The van der Waals surface area contributed by atoms with Gasteiger partial charge in [-0.25, -0.2) is 8.42 Å². The predicted molar refractivity (Wildman–Crippen MR) is 99.3 cm³/mol. The van der Waals surface area contributed by atoms with E-state index in [0.717, 1.165) is 35.3 Å². The number of anilines is 1. The number of hydrogen-bond acceptors (Lipinski definition) is 4. The van der Waals surface area contributed by atoms with E-state index in [4.69, 9.17) is 4.74 Å². The van der Waals surface area contributed by atoms with Crippen LogP contribution in [0.25, 0.3) is 11.1 Å². The molecule has 4 rings (SSSR count). The first kappa shape index (κ1) is 16.6. The summed E-state index contributed by atoms with van der Waals surface area (Å²) in [7, 11) is -3.38. The van der Waals surface area contributed by atoms with Gasteiger partial charge in [-0.15, -0.1) is 0 Å². The topological polar surface area (TPSA) is 58.6 Å². The molecule has 1 N–H and O–H groups in total. The van der Waals surface area contributed by atoms with Crippen molar-refractivity contribution in [1.29, 1.82) is 0 Å². The highest BCUT2D eigenvalue weighted by Gasteiger charge is 2.32. The van der Waals surface area contributed by atoms with Crippen LogP contribution in [-0.4, -0.2) is 46.5 Å². The maximum Gasteiger partial charge on any atom is 0.237 e. The maximum absolute atomic E-state index is 12.8. The number of ether oxygens (including phenoxy) is 1. The molecule has 0 spiro atoms. The van der Waals surface area contributed by atoms with Crippen LogP contribution in [0.4, 0.5) is 5.69 Å². The van der Waals surface area contributed by atoms with Crippen LogP contribution in [0, 0.1) is 0 Å². The SMILES string of the molecule is O=S(=O)(CC1CNCCO1)N1CCc2cc(-c3ccccc3)ccc21. The Balaban J connectivity index is 1.57. The van der Waals surface area contributed by atoms with Crippen LogP contribution < -0.4 is 9.62 Å². The molecule has 2 aromatic carbocycles. The van der Waals surface area contributed by atoms with Crippen molar-refractivity contribution in [2.45, 2.75) is 12.5 Å². The lowest BCUT2D eigenvalue weighted by atomic mass is 10.0. The minimum absolute atomic E-state index is 0.0277. The third kappa shape index (κ3) is 3.42. The second kappa shape index (κ2) is 6.78. The van der Waals surface area contributed by atoms with Gasteiger partial charge in [-0.3, -0.25) is 4.31 Å². The summed E-state index contributed by atoms with van der Waals surface area (Å²) in [5, 5.41) is 3.18. The Hall–Kier alpha value is -1.89. The molecule has 5 nitrogen and oxygen atoms in total.